The SMILES string of the molecule is CC(=O)OC1CC(C=O)CC(O)C1OC(C)=O. The average molecular weight is 244 g/mol. The lowest BCUT2D eigenvalue weighted by atomic mass is 9.84. The maximum Gasteiger partial charge on any atom is 0.303 e. The molecule has 0 aromatic heterocycles. The van der Waals surface area contributed by atoms with Crippen molar-refractivity contribution in [2.24, 2.45) is 5.92 Å². The van der Waals surface area contributed by atoms with Crippen LogP contribution in [0.4, 0.5) is 0 Å². The molecule has 1 rings (SSSR count). The van der Waals surface area contributed by atoms with Crippen LogP contribution < -0.4 is 0 Å². The quantitative estimate of drug-likeness (QED) is 0.547. The predicted octanol–water partition coefficient (Wildman–Crippen LogP) is -0.180. The molecule has 1 N–H and O–H groups in total. The highest BCUT2D eigenvalue weighted by Crippen LogP contribution is 2.28. The summed E-state index contributed by atoms with van der Waals surface area (Å²) in [5.74, 6) is -1.48. The van der Waals surface area contributed by atoms with Crippen molar-refractivity contribution in [3.8, 4) is 0 Å². The van der Waals surface area contributed by atoms with Crippen molar-refractivity contribution in [3.63, 3.8) is 0 Å². The Morgan fingerprint density at radius 2 is 1.76 bits per heavy atom. The van der Waals surface area contributed by atoms with Gasteiger partial charge in [-0.3, -0.25) is 9.59 Å². The van der Waals surface area contributed by atoms with Gasteiger partial charge in [0.25, 0.3) is 0 Å². The number of hydrogen-bond donors (Lipinski definition) is 1. The van der Waals surface area contributed by atoms with Crippen LogP contribution in [0.2, 0.25) is 0 Å². The molecule has 17 heavy (non-hydrogen) atoms. The van der Waals surface area contributed by atoms with E-state index in [2.05, 4.69) is 0 Å². The number of esters is 2. The molecule has 96 valence electrons. The third-order valence-electron chi connectivity index (χ3n) is 2.64. The molecule has 6 heteroatoms. The Hall–Kier alpha value is -1.43. The van der Waals surface area contributed by atoms with Gasteiger partial charge in [0.05, 0.1) is 6.10 Å². The molecule has 1 saturated carbocycles. The van der Waals surface area contributed by atoms with Gasteiger partial charge in [0, 0.05) is 19.8 Å². The van der Waals surface area contributed by atoms with E-state index >= 15 is 0 Å². The van der Waals surface area contributed by atoms with Crippen molar-refractivity contribution in [3.05, 3.63) is 0 Å². The Morgan fingerprint density at radius 1 is 1.18 bits per heavy atom. The maximum atomic E-state index is 10.9. The molecular formula is C11H16O6. The fraction of sp³-hybridized carbons (Fsp3) is 0.727. The van der Waals surface area contributed by atoms with Crippen molar-refractivity contribution in [2.45, 2.75) is 45.0 Å². The van der Waals surface area contributed by atoms with Crippen LogP contribution in [0.1, 0.15) is 26.7 Å². The molecule has 1 aliphatic carbocycles. The summed E-state index contributed by atoms with van der Waals surface area (Å²) >= 11 is 0. The van der Waals surface area contributed by atoms with Crippen molar-refractivity contribution >= 4 is 18.2 Å². The van der Waals surface area contributed by atoms with Gasteiger partial charge in [0.2, 0.25) is 0 Å². The first-order valence-corrected chi connectivity index (χ1v) is 5.41. The largest absolute Gasteiger partial charge is 0.458 e. The summed E-state index contributed by atoms with van der Waals surface area (Å²) < 4.78 is 9.90. The number of ether oxygens (including phenoxy) is 2. The van der Waals surface area contributed by atoms with Crippen LogP contribution in [0.3, 0.4) is 0 Å². The third-order valence-corrected chi connectivity index (χ3v) is 2.64. The first-order valence-electron chi connectivity index (χ1n) is 5.41. The Morgan fingerprint density at radius 3 is 2.24 bits per heavy atom. The standard InChI is InChI=1S/C11H16O6/c1-6(13)16-10-4-8(5-12)3-9(15)11(10)17-7(2)14/h5,8-11,15H,3-4H2,1-2H3. The Kier molecular flexibility index (Phi) is 4.62. The molecule has 0 radical (unpaired) electrons. The lowest BCUT2D eigenvalue weighted by Crippen LogP contribution is -2.49. The van der Waals surface area contributed by atoms with Gasteiger partial charge in [-0.1, -0.05) is 0 Å². The summed E-state index contributed by atoms with van der Waals surface area (Å²) in [7, 11) is 0. The highest BCUT2D eigenvalue weighted by atomic mass is 16.6. The average Bonchev–Trinajstić information content (AvgIpc) is 2.21. The minimum Gasteiger partial charge on any atom is -0.458 e. The van der Waals surface area contributed by atoms with E-state index in [0.29, 0.717) is 6.29 Å². The number of aliphatic hydroxyl groups is 1. The van der Waals surface area contributed by atoms with Gasteiger partial charge >= 0.3 is 11.9 Å². The van der Waals surface area contributed by atoms with Crippen LogP contribution >= 0.6 is 0 Å². The Labute approximate surface area is 98.9 Å². The molecule has 0 aliphatic heterocycles. The van der Waals surface area contributed by atoms with E-state index in [1.54, 1.807) is 0 Å². The topological polar surface area (TPSA) is 89.9 Å². The predicted molar refractivity (Wildman–Crippen MR) is 55.9 cm³/mol. The highest BCUT2D eigenvalue weighted by Gasteiger charge is 2.41. The minimum atomic E-state index is -0.993. The summed E-state index contributed by atoms with van der Waals surface area (Å²) in [4.78, 5) is 32.5. The zero-order valence-electron chi connectivity index (χ0n) is 9.79. The molecule has 0 spiro atoms. The number of carbonyl (C=O) groups excluding carboxylic acids is 3. The summed E-state index contributed by atoms with van der Waals surface area (Å²) in [6.45, 7) is 2.44. The molecule has 0 amide bonds. The number of rotatable bonds is 3. The van der Waals surface area contributed by atoms with Gasteiger partial charge in [-0.25, -0.2) is 0 Å². The van der Waals surface area contributed by atoms with E-state index in [-0.39, 0.29) is 18.8 Å². The molecule has 1 aliphatic rings. The fourth-order valence-corrected chi connectivity index (χ4v) is 2.01. The smallest absolute Gasteiger partial charge is 0.303 e. The summed E-state index contributed by atoms with van der Waals surface area (Å²) in [5, 5.41) is 9.78. The lowest BCUT2D eigenvalue weighted by Gasteiger charge is -2.36. The summed E-state index contributed by atoms with van der Waals surface area (Å²) in [5.41, 5.74) is 0. The van der Waals surface area contributed by atoms with Crippen LogP contribution in [-0.4, -0.2) is 41.6 Å². The highest BCUT2D eigenvalue weighted by molar-refractivity contribution is 5.67. The van der Waals surface area contributed by atoms with Crippen LogP contribution in [0.5, 0.6) is 0 Å². The zero-order valence-corrected chi connectivity index (χ0v) is 9.79. The second kappa shape index (κ2) is 5.77. The maximum absolute atomic E-state index is 10.9. The lowest BCUT2D eigenvalue weighted by molar-refractivity contribution is -0.183. The van der Waals surface area contributed by atoms with E-state index in [4.69, 9.17) is 9.47 Å². The molecule has 0 bridgehead atoms. The molecule has 0 saturated heterocycles. The monoisotopic (exact) mass is 244 g/mol. The molecule has 1 fully saturated rings. The molecule has 0 aromatic rings. The van der Waals surface area contributed by atoms with E-state index in [9.17, 15) is 19.5 Å². The van der Waals surface area contributed by atoms with Crippen LogP contribution in [0.25, 0.3) is 0 Å². The number of aliphatic hydroxyl groups excluding tert-OH is 1. The fourth-order valence-electron chi connectivity index (χ4n) is 2.01. The van der Waals surface area contributed by atoms with E-state index in [1.807, 2.05) is 0 Å². The number of aldehydes is 1. The van der Waals surface area contributed by atoms with Gasteiger partial charge in [-0.15, -0.1) is 0 Å². The molecule has 6 nitrogen and oxygen atoms in total. The van der Waals surface area contributed by atoms with Gasteiger partial charge in [0.1, 0.15) is 12.4 Å². The van der Waals surface area contributed by atoms with Crippen molar-refractivity contribution in [1.29, 1.82) is 0 Å². The minimum absolute atomic E-state index is 0.208. The van der Waals surface area contributed by atoms with Crippen molar-refractivity contribution in [2.75, 3.05) is 0 Å². The van der Waals surface area contributed by atoms with E-state index in [1.165, 1.54) is 13.8 Å². The zero-order chi connectivity index (χ0) is 13.0. The molecule has 0 heterocycles. The van der Waals surface area contributed by atoms with E-state index < -0.39 is 30.3 Å². The molecular weight excluding hydrogens is 228 g/mol. The van der Waals surface area contributed by atoms with Crippen molar-refractivity contribution < 1.29 is 29.0 Å². The van der Waals surface area contributed by atoms with Gasteiger partial charge < -0.3 is 19.4 Å². The number of hydrogen-bond acceptors (Lipinski definition) is 6. The van der Waals surface area contributed by atoms with Crippen LogP contribution in [0.15, 0.2) is 0 Å². The Balaban J connectivity index is 2.77. The van der Waals surface area contributed by atoms with Gasteiger partial charge in [0.15, 0.2) is 6.10 Å². The summed E-state index contributed by atoms with van der Waals surface area (Å²) in [6.07, 6.45) is -1.48. The number of carbonyl (C=O) groups is 3. The molecule has 0 aromatic carbocycles. The summed E-state index contributed by atoms with van der Waals surface area (Å²) in [6, 6.07) is 0. The third kappa shape index (κ3) is 3.81. The second-order valence-corrected chi connectivity index (χ2v) is 4.16. The first kappa shape index (κ1) is 13.6. The van der Waals surface area contributed by atoms with Crippen molar-refractivity contribution in [1.82, 2.24) is 0 Å². The normalized spacial score (nSPS) is 32.6. The second-order valence-electron chi connectivity index (χ2n) is 4.16. The van der Waals surface area contributed by atoms with Gasteiger partial charge in [-0.05, 0) is 12.8 Å². The molecule has 4 unspecified atom stereocenters. The van der Waals surface area contributed by atoms with E-state index in [0.717, 1.165) is 0 Å². The Bertz CT molecular complexity index is 313. The van der Waals surface area contributed by atoms with Crippen LogP contribution in [-0.2, 0) is 23.9 Å². The van der Waals surface area contributed by atoms with Gasteiger partial charge in [-0.2, -0.15) is 0 Å². The molecule has 4 atom stereocenters. The van der Waals surface area contributed by atoms with Crippen LogP contribution in [0, 0.1) is 5.92 Å². The first-order chi connectivity index (χ1) is 7.93.